The summed E-state index contributed by atoms with van der Waals surface area (Å²) in [5.74, 6) is -0.369. The topological polar surface area (TPSA) is 67.8 Å². The highest BCUT2D eigenvalue weighted by molar-refractivity contribution is 5.75. The van der Waals surface area contributed by atoms with Gasteiger partial charge in [-0.25, -0.2) is 5.48 Å². The number of carbonyl (C=O) groups is 1. The molecule has 2 atom stereocenters. The van der Waals surface area contributed by atoms with Crippen LogP contribution in [-0.4, -0.2) is 31.1 Å². The predicted molar refractivity (Wildman–Crippen MR) is 48.6 cm³/mol. The van der Waals surface area contributed by atoms with E-state index in [9.17, 15) is 4.79 Å². The number of amides is 1. The first-order chi connectivity index (χ1) is 6.59. The van der Waals surface area contributed by atoms with Crippen molar-refractivity contribution in [3.8, 4) is 0 Å². The van der Waals surface area contributed by atoms with E-state index in [0.717, 1.165) is 12.8 Å². The molecule has 0 aliphatic carbocycles. The van der Waals surface area contributed by atoms with Crippen LogP contribution < -0.4 is 5.48 Å². The molecule has 1 amide bonds. The third-order valence-electron chi connectivity index (χ3n) is 2.58. The second kappa shape index (κ2) is 4.72. The second-order valence-corrected chi connectivity index (χ2v) is 4.04. The standard InChI is InChI=1S/C9H17NO4/c1-9(5-7(11)10-12)4-3-8(13-2)14-6-9/h8,12H,3-6H2,1-2H3,(H,10,11). The Labute approximate surface area is 83.3 Å². The summed E-state index contributed by atoms with van der Waals surface area (Å²) in [6.45, 7) is 2.45. The predicted octanol–water partition coefficient (Wildman–Crippen LogP) is 0.671. The lowest BCUT2D eigenvalue weighted by atomic mass is 9.81. The van der Waals surface area contributed by atoms with Crippen molar-refractivity contribution in [2.75, 3.05) is 13.7 Å². The molecular formula is C9H17NO4. The number of carbonyl (C=O) groups excluding carboxylic acids is 1. The lowest BCUT2D eigenvalue weighted by molar-refractivity contribution is -0.181. The smallest absolute Gasteiger partial charge is 0.243 e. The van der Waals surface area contributed by atoms with E-state index < -0.39 is 0 Å². The molecular weight excluding hydrogens is 186 g/mol. The van der Waals surface area contributed by atoms with Crippen LogP contribution >= 0.6 is 0 Å². The fourth-order valence-corrected chi connectivity index (χ4v) is 1.67. The summed E-state index contributed by atoms with van der Waals surface area (Å²) in [6, 6.07) is 0. The van der Waals surface area contributed by atoms with Crippen molar-refractivity contribution >= 4 is 5.91 Å². The number of methoxy groups -OCH3 is 1. The van der Waals surface area contributed by atoms with Gasteiger partial charge in [-0.1, -0.05) is 6.92 Å². The average Bonchev–Trinajstić information content (AvgIpc) is 2.18. The molecule has 1 fully saturated rings. The zero-order valence-corrected chi connectivity index (χ0v) is 8.58. The van der Waals surface area contributed by atoms with E-state index >= 15 is 0 Å². The largest absolute Gasteiger partial charge is 0.356 e. The van der Waals surface area contributed by atoms with Gasteiger partial charge < -0.3 is 9.47 Å². The van der Waals surface area contributed by atoms with E-state index in [1.165, 1.54) is 0 Å². The highest BCUT2D eigenvalue weighted by Crippen LogP contribution is 2.33. The number of ether oxygens (including phenoxy) is 2. The Morgan fingerprint density at radius 1 is 1.79 bits per heavy atom. The quantitative estimate of drug-likeness (QED) is 0.522. The Hall–Kier alpha value is -0.650. The van der Waals surface area contributed by atoms with Crippen LogP contribution in [0.3, 0.4) is 0 Å². The maximum atomic E-state index is 11.0. The molecule has 0 spiro atoms. The molecule has 1 rings (SSSR count). The number of hydrogen-bond acceptors (Lipinski definition) is 4. The number of rotatable bonds is 3. The third kappa shape index (κ3) is 2.94. The monoisotopic (exact) mass is 203 g/mol. The summed E-state index contributed by atoms with van der Waals surface area (Å²) in [5, 5.41) is 8.41. The first-order valence-electron chi connectivity index (χ1n) is 4.67. The van der Waals surface area contributed by atoms with Crippen LogP contribution in [0, 0.1) is 5.41 Å². The van der Waals surface area contributed by atoms with Crippen LogP contribution in [0.5, 0.6) is 0 Å². The minimum Gasteiger partial charge on any atom is -0.356 e. The Morgan fingerprint density at radius 3 is 2.93 bits per heavy atom. The van der Waals surface area contributed by atoms with E-state index in [4.69, 9.17) is 14.7 Å². The third-order valence-corrected chi connectivity index (χ3v) is 2.58. The molecule has 1 saturated heterocycles. The number of nitrogens with one attached hydrogen (secondary N) is 1. The summed E-state index contributed by atoms with van der Waals surface area (Å²) in [4.78, 5) is 11.0. The lowest BCUT2D eigenvalue weighted by Crippen LogP contribution is -2.38. The molecule has 14 heavy (non-hydrogen) atoms. The molecule has 2 N–H and O–H groups in total. The van der Waals surface area contributed by atoms with E-state index in [1.54, 1.807) is 12.6 Å². The van der Waals surface area contributed by atoms with Crippen LogP contribution in [0.1, 0.15) is 26.2 Å². The highest BCUT2D eigenvalue weighted by atomic mass is 16.7. The SMILES string of the molecule is COC1CCC(C)(CC(=O)NO)CO1. The van der Waals surface area contributed by atoms with Crippen molar-refractivity contribution in [3.63, 3.8) is 0 Å². The van der Waals surface area contributed by atoms with Gasteiger partial charge in [0.05, 0.1) is 6.61 Å². The fraction of sp³-hybridized carbons (Fsp3) is 0.889. The number of hydrogen-bond donors (Lipinski definition) is 2. The van der Waals surface area contributed by atoms with E-state index in [2.05, 4.69) is 0 Å². The van der Waals surface area contributed by atoms with Crippen molar-refractivity contribution < 1.29 is 19.5 Å². The minimum atomic E-state index is -0.369. The first-order valence-corrected chi connectivity index (χ1v) is 4.67. The second-order valence-electron chi connectivity index (χ2n) is 4.04. The van der Waals surface area contributed by atoms with Crippen molar-refractivity contribution in [2.45, 2.75) is 32.5 Å². The summed E-state index contributed by atoms with van der Waals surface area (Å²) < 4.78 is 10.4. The molecule has 2 unspecified atom stereocenters. The maximum Gasteiger partial charge on any atom is 0.243 e. The lowest BCUT2D eigenvalue weighted by Gasteiger charge is -2.36. The molecule has 0 aromatic carbocycles. The molecule has 0 radical (unpaired) electrons. The molecule has 1 heterocycles. The van der Waals surface area contributed by atoms with Gasteiger partial charge in [-0.3, -0.25) is 10.0 Å². The van der Waals surface area contributed by atoms with Gasteiger partial charge in [0.25, 0.3) is 0 Å². The van der Waals surface area contributed by atoms with Gasteiger partial charge in [-0.15, -0.1) is 0 Å². The zero-order chi connectivity index (χ0) is 10.6. The minimum absolute atomic E-state index is 0.153. The van der Waals surface area contributed by atoms with Gasteiger partial charge in [-0.2, -0.15) is 0 Å². The van der Waals surface area contributed by atoms with Gasteiger partial charge in [0, 0.05) is 18.9 Å². The van der Waals surface area contributed by atoms with Crippen LogP contribution in [0.4, 0.5) is 0 Å². The van der Waals surface area contributed by atoms with Crippen LogP contribution in [0.15, 0.2) is 0 Å². The molecule has 0 bridgehead atoms. The van der Waals surface area contributed by atoms with Crippen LogP contribution in [0.25, 0.3) is 0 Å². The first kappa shape index (κ1) is 11.4. The Balaban J connectivity index is 2.41. The summed E-state index contributed by atoms with van der Waals surface area (Å²) in [5.41, 5.74) is 1.44. The van der Waals surface area contributed by atoms with Gasteiger partial charge in [-0.05, 0) is 12.8 Å². The highest BCUT2D eigenvalue weighted by Gasteiger charge is 2.33. The zero-order valence-electron chi connectivity index (χ0n) is 8.58. The van der Waals surface area contributed by atoms with Crippen molar-refractivity contribution in [3.05, 3.63) is 0 Å². The average molecular weight is 203 g/mol. The van der Waals surface area contributed by atoms with Gasteiger partial charge in [0.15, 0.2) is 6.29 Å². The molecule has 5 heteroatoms. The van der Waals surface area contributed by atoms with E-state index in [-0.39, 0.29) is 24.0 Å². The molecule has 0 saturated carbocycles. The van der Waals surface area contributed by atoms with Crippen molar-refractivity contribution in [2.24, 2.45) is 5.41 Å². The number of hydroxylamine groups is 1. The van der Waals surface area contributed by atoms with Crippen LogP contribution in [-0.2, 0) is 14.3 Å². The molecule has 82 valence electrons. The van der Waals surface area contributed by atoms with Crippen molar-refractivity contribution in [1.82, 2.24) is 5.48 Å². The van der Waals surface area contributed by atoms with E-state index in [0.29, 0.717) is 6.61 Å². The Morgan fingerprint density at radius 2 is 2.50 bits per heavy atom. The molecule has 5 nitrogen and oxygen atoms in total. The summed E-state index contributed by atoms with van der Waals surface area (Å²) >= 11 is 0. The summed E-state index contributed by atoms with van der Waals surface area (Å²) in [7, 11) is 1.60. The molecule has 0 aromatic rings. The summed E-state index contributed by atoms with van der Waals surface area (Å²) in [6.07, 6.45) is 1.77. The maximum absolute atomic E-state index is 11.0. The fourth-order valence-electron chi connectivity index (χ4n) is 1.67. The molecule has 1 aliphatic heterocycles. The van der Waals surface area contributed by atoms with Crippen molar-refractivity contribution in [1.29, 1.82) is 0 Å². The van der Waals surface area contributed by atoms with Gasteiger partial charge in [0.1, 0.15) is 0 Å². The van der Waals surface area contributed by atoms with Gasteiger partial charge in [0.2, 0.25) is 5.91 Å². The normalized spacial score (nSPS) is 32.6. The Kier molecular flexibility index (Phi) is 3.86. The van der Waals surface area contributed by atoms with Crippen LogP contribution in [0.2, 0.25) is 0 Å². The molecule has 1 aliphatic rings. The van der Waals surface area contributed by atoms with E-state index in [1.807, 2.05) is 6.92 Å². The molecule has 0 aromatic heterocycles. The van der Waals surface area contributed by atoms with Gasteiger partial charge >= 0.3 is 0 Å². The Bertz CT molecular complexity index is 199.